The zero-order chi connectivity index (χ0) is 79.4. The number of unbranched alkanes of at least 4 members (excludes halogenated alkanes) is 37. The van der Waals surface area contributed by atoms with Crippen molar-refractivity contribution in [1.29, 1.82) is 0 Å². The van der Waals surface area contributed by atoms with E-state index in [0.29, 0.717) is 19.3 Å². The van der Waals surface area contributed by atoms with Crippen LogP contribution in [0.3, 0.4) is 0 Å². The topological polar surface area (TPSA) is 231 Å². The number of carbonyl (C=O) groups excluding carboxylic acids is 3. The zero-order valence-electron chi connectivity index (χ0n) is 68.9. The van der Waals surface area contributed by atoms with Gasteiger partial charge in [0.2, 0.25) is 0 Å². The molecule has 0 saturated carbocycles. The molecule has 16 nitrogen and oxygen atoms in total. The molecule has 0 aliphatic rings. The molecule has 0 rings (SSSR count). The summed E-state index contributed by atoms with van der Waals surface area (Å²) in [4.78, 5) is 58.8. The quantitative estimate of drug-likeness (QED) is 0.0146. The van der Waals surface area contributed by atoms with Crippen LogP contribution in [0.5, 0.6) is 0 Å². The molecular weight excluding hydrogens is 1410 g/mol. The van der Waals surface area contributed by atoms with E-state index in [2.05, 4.69) is 154 Å². The van der Waals surface area contributed by atoms with Crippen LogP contribution in [-0.4, -0.2) is 95.9 Å². The van der Waals surface area contributed by atoms with E-state index in [1.54, 1.807) is 0 Å². The van der Waals surface area contributed by atoms with Gasteiger partial charge in [0.05, 0.1) is 26.4 Å². The summed E-state index contributed by atoms with van der Waals surface area (Å²) in [6.07, 6.45) is 102. The largest absolute Gasteiger partial charge is 0.472 e. The van der Waals surface area contributed by atoms with Gasteiger partial charge in [-0.15, -0.1) is 0 Å². The van der Waals surface area contributed by atoms with Gasteiger partial charge in [-0.05, 0) is 141 Å². The van der Waals surface area contributed by atoms with Crippen LogP contribution in [0.1, 0.15) is 367 Å². The molecule has 0 aliphatic carbocycles. The van der Waals surface area contributed by atoms with Gasteiger partial charge in [0.1, 0.15) is 25.4 Å². The third-order valence-electron chi connectivity index (χ3n) is 18.3. The highest BCUT2D eigenvalue weighted by Gasteiger charge is 2.29. The SMILES string of the molecule is CC/C=C\C/C=C\C/C=C\C/C=C\C/C=C\C/C=C\CCCCCCCCCCC(=O)OCC(COP(=O)(O)OCC(O)COP(=O)(O)OCC(O)COC(=O)CCCCCCCCCCCCCCCCC/C=C\C/C=C\C/C=C\C/C=C\CCCCC)OC(=O)CCCCCCC/C=C\CCCCCCCC. The summed E-state index contributed by atoms with van der Waals surface area (Å²) in [5.74, 6) is -1.59. The summed E-state index contributed by atoms with van der Waals surface area (Å²) in [5.41, 5.74) is 0. The Morgan fingerprint density at radius 2 is 0.486 bits per heavy atom. The Bertz CT molecular complexity index is 2510. The summed E-state index contributed by atoms with van der Waals surface area (Å²) in [6.45, 7) is 2.55. The molecule has 0 aromatic rings. The number of ether oxygens (including phenoxy) is 3. The van der Waals surface area contributed by atoms with Gasteiger partial charge >= 0.3 is 33.6 Å². The average Bonchev–Trinajstić information content (AvgIpc) is 0.904. The van der Waals surface area contributed by atoms with Crippen molar-refractivity contribution in [3.63, 3.8) is 0 Å². The van der Waals surface area contributed by atoms with Gasteiger partial charge in [0.25, 0.3) is 0 Å². The predicted octanol–water partition coefficient (Wildman–Crippen LogP) is 26.2. The molecule has 4 N–H and O–H groups in total. The van der Waals surface area contributed by atoms with E-state index in [4.69, 9.17) is 32.3 Å². The maximum atomic E-state index is 13.0. The lowest BCUT2D eigenvalue weighted by molar-refractivity contribution is -0.161. The Labute approximate surface area is 665 Å². The van der Waals surface area contributed by atoms with Gasteiger partial charge in [-0.3, -0.25) is 32.5 Å². The fraction of sp³-hybridized carbons (Fsp3) is 0.725. The number of allylic oxidation sites excluding steroid dienone is 22. The lowest BCUT2D eigenvalue weighted by atomic mass is 10.0. The number of phosphoric acid groups is 2. The second kappa shape index (κ2) is 83.1. The molecule has 5 atom stereocenters. The summed E-state index contributed by atoms with van der Waals surface area (Å²) in [6, 6.07) is 0. The van der Waals surface area contributed by atoms with Crippen LogP contribution < -0.4 is 0 Å². The summed E-state index contributed by atoms with van der Waals surface area (Å²) in [7, 11) is -9.80. The highest BCUT2D eigenvalue weighted by atomic mass is 31.2. The predicted molar refractivity (Wildman–Crippen MR) is 454 cm³/mol. The van der Waals surface area contributed by atoms with Gasteiger partial charge in [-0.25, -0.2) is 9.13 Å². The fourth-order valence-electron chi connectivity index (χ4n) is 11.7. The molecule has 0 amide bonds. The van der Waals surface area contributed by atoms with E-state index in [-0.39, 0.29) is 19.3 Å². The van der Waals surface area contributed by atoms with Gasteiger partial charge in [0.15, 0.2) is 6.10 Å². The number of aliphatic hydroxyl groups is 2. The van der Waals surface area contributed by atoms with Crippen molar-refractivity contribution in [1.82, 2.24) is 0 Å². The number of rotatable bonds is 82. The Morgan fingerprint density at radius 1 is 0.266 bits per heavy atom. The molecule has 0 fully saturated rings. The summed E-state index contributed by atoms with van der Waals surface area (Å²) in [5, 5.41) is 20.7. The van der Waals surface area contributed by atoms with E-state index in [0.717, 1.165) is 154 Å². The van der Waals surface area contributed by atoms with Gasteiger partial charge in [0, 0.05) is 19.3 Å². The van der Waals surface area contributed by atoms with Crippen molar-refractivity contribution in [2.24, 2.45) is 0 Å². The Kier molecular flexibility index (Phi) is 79.8. The fourth-order valence-corrected chi connectivity index (χ4v) is 13.3. The van der Waals surface area contributed by atoms with E-state index < -0.39 is 91.5 Å². The first-order valence-electron chi connectivity index (χ1n) is 43.5. The number of esters is 3. The third kappa shape index (κ3) is 84.4. The minimum atomic E-state index is -4.94. The zero-order valence-corrected chi connectivity index (χ0v) is 70.7. The molecule has 0 heterocycles. The first-order chi connectivity index (χ1) is 53.2. The molecule has 0 radical (unpaired) electrons. The Hall–Kier alpha value is -4.31. The van der Waals surface area contributed by atoms with Gasteiger partial charge in [-0.1, -0.05) is 341 Å². The molecule has 0 aromatic carbocycles. The number of carbonyl (C=O) groups is 3. The molecule has 0 bridgehead atoms. The highest BCUT2D eigenvalue weighted by Crippen LogP contribution is 2.45. The molecule has 0 aromatic heterocycles. The molecule has 5 unspecified atom stereocenters. The lowest BCUT2D eigenvalue weighted by Crippen LogP contribution is -2.30. The molecule has 109 heavy (non-hydrogen) atoms. The first kappa shape index (κ1) is 105. The first-order valence-corrected chi connectivity index (χ1v) is 46.5. The van der Waals surface area contributed by atoms with Crippen molar-refractivity contribution >= 4 is 33.6 Å². The van der Waals surface area contributed by atoms with Crippen molar-refractivity contribution in [3.05, 3.63) is 134 Å². The highest BCUT2D eigenvalue weighted by molar-refractivity contribution is 7.47. The molecular formula is C91H158O16P2. The average molecular weight is 1570 g/mol. The second-order valence-corrected chi connectivity index (χ2v) is 31.9. The molecule has 0 spiro atoms. The van der Waals surface area contributed by atoms with E-state index in [1.165, 1.54) is 154 Å². The monoisotopic (exact) mass is 1570 g/mol. The molecule has 18 heteroatoms. The maximum absolute atomic E-state index is 13.0. The number of aliphatic hydroxyl groups excluding tert-OH is 2. The van der Waals surface area contributed by atoms with Gasteiger partial charge < -0.3 is 34.2 Å². The molecule has 0 saturated heterocycles. The van der Waals surface area contributed by atoms with Crippen LogP contribution in [0.2, 0.25) is 0 Å². The number of hydrogen-bond acceptors (Lipinski definition) is 14. The standard InChI is InChI=1S/C91H158O16P2/c1-4-7-10-13-16-19-22-25-28-30-32-34-36-38-40-41-42-43-45-47-48-50-52-54-57-59-62-65-68-71-74-77-89(94)101-80-86(92)81-103-108(97,98)104-82-87(93)83-105-109(99,100)106-85-88(107-91(96)79-76-73-70-67-64-61-56-27-24-21-18-15-12-9-6-3)84-102-90(95)78-75-72-69-66-63-60-58-55-53-51-49-46-44-39-37-35-33-31-29-26-23-20-17-14-11-8-5-2/h8,11,16-17,19-20,25-29,32-35,38-40,44,49,51,56,86-88,92-93H,4-7,9-10,12-15,18,21-24,30-31,36-37,41-43,45-48,50,52-55,57-85H2,1-3H3,(H,97,98)(H,99,100)/b11-8-,19-16-,20-17-,28-25-,29-26-,34-32-,35-33-,40-38-,44-39-,51-49-,56-27-. The van der Waals surface area contributed by atoms with Crippen molar-refractivity contribution < 1.29 is 75.8 Å². The van der Waals surface area contributed by atoms with E-state index in [9.17, 15) is 43.5 Å². The summed E-state index contributed by atoms with van der Waals surface area (Å²) < 4.78 is 61.3. The van der Waals surface area contributed by atoms with Crippen molar-refractivity contribution in [3.8, 4) is 0 Å². The number of phosphoric ester groups is 2. The third-order valence-corrected chi connectivity index (χ3v) is 20.2. The van der Waals surface area contributed by atoms with E-state index in [1.807, 2.05) is 0 Å². The normalized spacial score (nSPS) is 14.5. The van der Waals surface area contributed by atoms with Crippen molar-refractivity contribution in [2.75, 3.05) is 39.6 Å². The van der Waals surface area contributed by atoms with Crippen LogP contribution in [0.25, 0.3) is 0 Å². The Balaban J connectivity index is 4.51. The minimum absolute atomic E-state index is 0.0912. The van der Waals surface area contributed by atoms with Crippen LogP contribution >= 0.6 is 15.6 Å². The Morgan fingerprint density at radius 3 is 0.798 bits per heavy atom. The van der Waals surface area contributed by atoms with Crippen LogP contribution in [0, 0.1) is 0 Å². The minimum Gasteiger partial charge on any atom is -0.463 e. The van der Waals surface area contributed by atoms with Crippen LogP contribution in [0.4, 0.5) is 0 Å². The second-order valence-electron chi connectivity index (χ2n) is 29.0. The summed E-state index contributed by atoms with van der Waals surface area (Å²) >= 11 is 0. The maximum Gasteiger partial charge on any atom is 0.472 e. The lowest BCUT2D eigenvalue weighted by Gasteiger charge is -2.21. The molecule has 0 aliphatic heterocycles. The molecule has 628 valence electrons. The van der Waals surface area contributed by atoms with Crippen LogP contribution in [-0.2, 0) is 55.8 Å². The smallest absolute Gasteiger partial charge is 0.463 e. The van der Waals surface area contributed by atoms with Crippen molar-refractivity contribution in [2.45, 2.75) is 386 Å². The number of hydrogen-bond donors (Lipinski definition) is 4. The van der Waals surface area contributed by atoms with Crippen LogP contribution in [0.15, 0.2) is 134 Å². The van der Waals surface area contributed by atoms with Gasteiger partial charge in [-0.2, -0.15) is 0 Å². The van der Waals surface area contributed by atoms with E-state index >= 15 is 0 Å².